The van der Waals surface area contributed by atoms with E-state index in [1.54, 1.807) is 0 Å². The van der Waals surface area contributed by atoms with Crippen molar-refractivity contribution in [1.29, 1.82) is 0 Å². The van der Waals surface area contributed by atoms with Gasteiger partial charge < -0.3 is 10.7 Å². The number of sulfone groups is 1. The van der Waals surface area contributed by atoms with Crippen molar-refractivity contribution in [2.45, 2.75) is 19.8 Å². The molecule has 0 aliphatic carbocycles. The highest BCUT2D eigenvalue weighted by molar-refractivity contribution is 7.90. The van der Waals surface area contributed by atoms with E-state index in [1.807, 2.05) is 13.8 Å². The second-order valence-electron chi connectivity index (χ2n) is 4.34. The molecule has 0 bridgehead atoms. The molecule has 0 fully saturated rings. The Labute approximate surface area is 107 Å². The minimum absolute atomic E-state index is 0.0555. The van der Waals surface area contributed by atoms with E-state index in [0.717, 1.165) is 5.56 Å². The van der Waals surface area contributed by atoms with Gasteiger partial charge in [0.25, 0.3) is 0 Å². The van der Waals surface area contributed by atoms with Crippen molar-refractivity contribution in [3.63, 3.8) is 0 Å². The Morgan fingerprint density at radius 2 is 1.94 bits per heavy atom. The Bertz CT molecular complexity index is 501. The van der Waals surface area contributed by atoms with Gasteiger partial charge in [-0.25, -0.2) is 24.2 Å². The van der Waals surface area contributed by atoms with Crippen molar-refractivity contribution >= 4 is 21.5 Å². The molecular weight excluding hydrogens is 254 g/mol. The zero-order valence-corrected chi connectivity index (χ0v) is 11.6. The zero-order chi connectivity index (χ0) is 13.8. The first-order valence-corrected chi connectivity index (χ1v) is 7.64. The Morgan fingerprint density at radius 3 is 2.44 bits per heavy atom. The van der Waals surface area contributed by atoms with Crippen LogP contribution in [0.1, 0.15) is 25.3 Å². The highest BCUT2D eigenvalue weighted by Crippen LogP contribution is 2.27. The number of rotatable bonds is 6. The van der Waals surface area contributed by atoms with Crippen LogP contribution in [0.5, 0.6) is 0 Å². The molecule has 0 saturated carbocycles. The van der Waals surface area contributed by atoms with Gasteiger partial charge in [-0.3, -0.25) is 0 Å². The number of nitrogens with zero attached hydrogens (tertiary/aromatic N) is 2. The van der Waals surface area contributed by atoms with Crippen molar-refractivity contribution in [3.8, 4) is 0 Å². The first-order valence-electron chi connectivity index (χ1n) is 5.58. The van der Waals surface area contributed by atoms with Crippen molar-refractivity contribution in [3.05, 3.63) is 11.9 Å². The summed E-state index contributed by atoms with van der Waals surface area (Å²) >= 11 is 0. The molecule has 1 aromatic heterocycles. The Hall–Kier alpha value is -1.41. The number of hydrogen-bond donors (Lipinski definition) is 3. The molecule has 0 aliphatic heterocycles. The van der Waals surface area contributed by atoms with E-state index in [1.165, 1.54) is 12.6 Å². The van der Waals surface area contributed by atoms with Crippen LogP contribution in [0.2, 0.25) is 0 Å². The second-order valence-corrected chi connectivity index (χ2v) is 6.60. The van der Waals surface area contributed by atoms with Crippen LogP contribution in [-0.4, -0.2) is 36.9 Å². The molecule has 0 aliphatic rings. The highest BCUT2D eigenvalue weighted by atomic mass is 32.2. The summed E-state index contributed by atoms with van der Waals surface area (Å²) in [4.78, 5) is 8.15. The second kappa shape index (κ2) is 5.96. The van der Waals surface area contributed by atoms with Crippen LogP contribution in [0.4, 0.5) is 11.6 Å². The van der Waals surface area contributed by atoms with Gasteiger partial charge in [0.15, 0.2) is 0 Å². The molecule has 1 aromatic rings. The first kappa shape index (κ1) is 14.7. The number of aromatic nitrogens is 2. The summed E-state index contributed by atoms with van der Waals surface area (Å²) in [5.41, 5.74) is 3.36. The van der Waals surface area contributed by atoms with E-state index >= 15 is 0 Å². The molecule has 8 heteroatoms. The van der Waals surface area contributed by atoms with Crippen LogP contribution < -0.4 is 16.6 Å². The molecule has 0 atom stereocenters. The maximum atomic E-state index is 11.1. The van der Waals surface area contributed by atoms with E-state index in [4.69, 9.17) is 5.84 Å². The average Bonchev–Trinajstić information content (AvgIpc) is 2.26. The van der Waals surface area contributed by atoms with Gasteiger partial charge in [0.05, 0.1) is 5.75 Å². The minimum atomic E-state index is -2.99. The van der Waals surface area contributed by atoms with E-state index < -0.39 is 9.84 Å². The monoisotopic (exact) mass is 273 g/mol. The lowest BCUT2D eigenvalue weighted by molar-refractivity contribution is 0.602. The topological polar surface area (TPSA) is 110 Å². The van der Waals surface area contributed by atoms with Crippen molar-refractivity contribution in [1.82, 2.24) is 9.97 Å². The third kappa shape index (κ3) is 4.11. The van der Waals surface area contributed by atoms with Gasteiger partial charge in [0.2, 0.25) is 0 Å². The van der Waals surface area contributed by atoms with E-state index in [9.17, 15) is 8.42 Å². The SMILES string of the molecule is CC(C)c1c(NN)ncnc1NCCS(C)(=O)=O. The number of anilines is 2. The van der Waals surface area contributed by atoms with E-state index in [0.29, 0.717) is 18.2 Å². The normalized spacial score (nSPS) is 11.6. The Morgan fingerprint density at radius 1 is 1.33 bits per heavy atom. The fourth-order valence-corrected chi connectivity index (χ4v) is 2.03. The molecule has 0 unspecified atom stereocenters. The van der Waals surface area contributed by atoms with Crippen LogP contribution in [-0.2, 0) is 9.84 Å². The third-order valence-corrected chi connectivity index (χ3v) is 3.31. The van der Waals surface area contributed by atoms with Crippen LogP contribution in [0.3, 0.4) is 0 Å². The molecule has 4 N–H and O–H groups in total. The van der Waals surface area contributed by atoms with Gasteiger partial charge in [-0.2, -0.15) is 0 Å². The lowest BCUT2D eigenvalue weighted by atomic mass is 10.0. The van der Waals surface area contributed by atoms with E-state index in [2.05, 4.69) is 20.7 Å². The number of hydrogen-bond acceptors (Lipinski definition) is 7. The summed E-state index contributed by atoms with van der Waals surface area (Å²) in [6.07, 6.45) is 2.58. The summed E-state index contributed by atoms with van der Waals surface area (Å²) in [5, 5.41) is 3.00. The summed E-state index contributed by atoms with van der Waals surface area (Å²) < 4.78 is 22.1. The molecule has 1 rings (SSSR count). The predicted octanol–water partition coefficient (Wildman–Crippen LogP) is 0.342. The van der Waals surface area contributed by atoms with Gasteiger partial charge in [0, 0.05) is 18.4 Å². The maximum absolute atomic E-state index is 11.1. The summed E-state index contributed by atoms with van der Waals surface area (Å²) in [5.74, 6) is 6.76. The Balaban J connectivity index is 2.88. The fourth-order valence-electron chi connectivity index (χ4n) is 1.55. The lowest BCUT2D eigenvalue weighted by Crippen LogP contribution is -2.18. The molecular formula is C10H19N5O2S. The van der Waals surface area contributed by atoms with Crippen molar-refractivity contribution < 1.29 is 8.42 Å². The van der Waals surface area contributed by atoms with Gasteiger partial charge in [-0.1, -0.05) is 13.8 Å². The highest BCUT2D eigenvalue weighted by Gasteiger charge is 2.14. The molecule has 18 heavy (non-hydrogen) atoms. The van der Waals surface area contributed by atoms with Crippen molar-refractivity contribution in [2.75, 3.05) is 29.3 Å². The van der Waals surface area contributed by atoms with Crippen LogP contribution >= 0.6 is 0 Å². The minimum Gasteiger partial charge on any atom is -0.369 e. The molecule has 0 aromatic carbocycles. The van der Waals surface area contributed by atoms with Gasteiger partial charge in [-0.05, 0) is 5.92 Å². The molecule has 0 spiro atoms. The van der Waals surface area contributed by atoms with Crippen LogP contribution in [0.25, 0.3) is 0 Å². The molecule has 102 valence electrons. The summed E-state index contributed by atoms with van der Waals surface area (Å²) in [6.45, 7) is 4.28. The number of nitrogen functional groups attached to an aromatic ring is 1. The molecule has 0 amide bonds. The largest absolute Gasteiger partial charge is 0.369 e. The van der Waals surface area contributed by atoms with E-state index in [-0.39, 0.29) is 11.7 Å². The molecule has 7 nitrogen and oxygen atoms in total. The molecule has 0 saturated heterocycles. The number of nitrogens with two attached hydrogens (primary N) is 1. The van der Waals surface area contributed by atoms with Crippen LogP contribution in [0.15, 0.2) is 6.33 Å². The number of nitrogens with one attached hydrogen (secondary N) is 2. The number of hydrazine groups is 1. The first-order chi connectivity index (χ1) is 8.35. The third-order valence-electron chi connectivity index (χ3n) is 2.36. The fraction of sp³-hybridized carbons (Fsp3) is 0.600. The van der Waals surface area contributed by atoms with Gasteiger partial charge in [0.1, 0.15) is 27.8 Å². The van der Waals surface area contributed by atoms with Crippen LogP contribution in [0, 0.1) is 0 Å². The maximum Gasteiger partial charge on any atom is 0.149 e. The molecule has 0 radical (unpaired) electrons. The average molecular weight is 273 g/mol. The summed E-state index contributed by atoms with van der Waals surface area (Å²) in [6, 6.07) is 0. The summed E-state index contributed by atoms with van der Waals surface area (Å²) in [7, 11) is -2.99. The smallest absolute Gasteiger partial charge is 0.149 e. The van der Waals surface area contributed by atoms with Crippen molar-refractivity contribution in [2.24, 2.45) is 5.84 Å². The zero-order valence-electron chi connectivity index (χ0n) is 10.8. The molecule has 1 heterocycles. The van der Waals surface area contributed by atoms with Gasteiger partial charge >= 0.3 is 0 Å². The quantitative estimate of drug-likeness (QED) is 0.506. The standard InChI is InChI=1S/C10H19N5O2S/c1-7(2)8-9(12-4-5-18(3,16)17)13-6-14-10(8)15-11/h6-7H,4-5,11H2,1-3H3,(H2,12,13,14,15). The van der Waals surface area contributed by atoms with Gasteiger partial charge in [-0.15, -0.1) is 0 Å². The Kier molecular flexibility index (Phi) is 4.85. The predicted molar refractivity (Wildman–Crippen MR) is 72.1 cm³/mol. The lowest BCUT2D eigenvalue weighted by Gasteiger charge is -2.16.